The van der Waals surface area contributed by atoms with Crippen LogP contribution < -0.4 is 5.32 Å². The van der Waals surface area contributed by atoms with Crippen LogP contribution in [0.2, 0.25) is 0 Å². The van der Waals surface area contributed by atoms with E-state index in [2.05, 4.69) is 37.7 Å². The molecule has 1 aromatic heterocycles. The second-order valence-corrected chi connectivity index (χ2v) is 8.00. The van der Waals surface area contributed by atoms with Gasteiger partial charge < -0.3 is 10.2 Å². The van der Waals surface area contributed by atoms with Gasteiger partial charge in [0, 0.05) is 17.5 Å². The van der Waals surface area contributed by atoms with E-state index in [1.165, 1.54) is 16.2 Å². The quantitative estimate of drug-likeness (QED) is 0.780. The van der Waals surface area contributed by atoms with Gasteiger partial charge in [0.15, 0.2) is 5.13 Å². The standard InChI is InChI=1S/C20H25N3O2S/c1-6-11-23(12-17(24)22-19-21-14(2)13-26-19)18(25)15-7-9-16(10-8-15)20(3,4)5/h6-10,13H,1,11-12H2,2-5H3,(H,21,22,24). The summed E-state index contributed by atoms with van der Waals surface area (Å²) in [5, 5.41) is 5.12. The fourth-order valence-corrected chi connectivity index (χ4v) is 3.12. The van der Waals surface area contributed by atoms with Crippen molar-refractivity contribution in [2.45, 2.75) is 33.1 Å². The lowest BCUT2D eigenvalue weighted by atomic mass is 9.86. The molecule has 2 amide bonds. The third-order valence-electron chi connectivity index (χ3n) is 3.83. The fraction of sp³-hybridized carbons (Fsp3) is 0.350. The zero-order valence-electron chi connectivity index (χ0n) is 15.7. The SMILES string of the molecule is C=CCN(CC(=O)Nc1nc(C)cs1)C(=O)c1ccc(C(C)(C)C)cc1. The molecular weight excluding hydrogens is 346 g/mol. The normalized spacial score (nSPS) is 11.1. The van der Waals surface area contributed by atoms with E-state index in [1.807, 2.05) is 24.4 Å². The van der Waals surface area contributed by atoms with E-state index in [1.54, 1.807) is 18.2 Å². The predicted octanol–water partition coefficient (Wildman–Crippen LogP) is 4.02. The topological polar surface area (TPSA) is 62.3 Å². The van der Waals surface area contributed by atoms with Crippen molar-refractivity contribution in [2.75, 3.05) is 18.4 Å². The molecule has 1 N–H and O–H groups in total. The molecule has 0 radical (unpaired) electrons. The second kappa shape index (κ2) is 8.27. The van der Waals surface area contributed by atoms with Crippen molar-refractivity contribution in [3.05, 3.63) is 59.1 Å². The van der Waals surface area contributed by atoms with Crippen LogP contribution in [0.3, 0.4) is 0 Å². The van der Waals surface area contributed by atoms with Crippen LogP contribution in [0.15, 0.2) is 42.3 Å². The van der Waals surface area contributed by atoms with Gasteiger partial charge in [0.25, 0.3) is 5.91 Å². The lowest BCUT2D eigenvalue weighted by Gasteiger charge is -2.22. The van der Waals surface area contributed by atoms with Crippen molar-refractivity contribution >= 4 is 28.3 Å². The highest BCUT2D eigenvalue weighted by atomic mass is 32.1. The Labute approximate surface area is 158 Å². The van der Waals surface area contributed by atoms with Crippen molar-refractivity contribution < 1.29 is 9.59 Å². The lowest BCUT2D eigenvalue weighted by Crippen LogP contribution is -2.38. The van der Waals surface area contributed by atoms with Gasteiger partial charge in [-0.05, 0) is 30.0 Å². The number of carbonyl (C=O) groups excluding carboxylic acids is 2. The molecule has 138 valence electrons. The van der Waals surface area contributed by atoms with Gasteiger partial charge in [-0.1, -0.05) is 39.0 Å². The number of aryl methyl sites for hydroxylation is 1. The maximum absolute atomic E-state index is 12.8. The Hall–Kier alpha value is -2.47. The Bertz CT molecular complexity index is 788. The van der Waals surface area contributed by atoms with Gasteiger partial charge in [-0.15, -0.1) is 17.9 Å². The smallest absolute Gasteiger partial charge is 0.254 e. The lowest BCUT2D eigenvalue weighted by molar-refractivity contribution is -0.116. The minimum atomic E-state index is -0.277. The molecule has 2 rings (SSSR count). The Kier molecular flexibility index (Phi) is 6.32. The molecule has 26 heavy (non-hydrogen) atoms. The van der Waals surface area contributed by atoms with Gasteiger partial charge >= 0.3 is 0 Å². The second-order valence-electron chi connectivity index (χ2n) is 7.14. The van der Waals surface area contributed by atoms with Gasteiger partial charge in [0.05, 0.1) is 5.69 Å². The Balaban J connectivity index is 2.08. The molecule has 6 heteroatoms. The molecule has 5 nitrogen and oxygen atoms in total. The molecular formula is C20H25N3O2S. The maximum atomic E-state index is 12.8. The molecule has 1 heterocycles. The van der Waals surface area contributed by atoms with Crippen LogP contribution in [-0.4, -0.2) is 34.8 Å². The number of hydrogen-bond donors (Lipinski definition) is 1. The molecule has 0 aliphatic carbocycles. The zero-order valence-corrected chi connectivity index (χ0v) is 16.5. The number of rotatable bonds is 6. The zero-order chi connectivity index (χ0) is 19.3. The van der Waals surface area contributed by atoms with Crippen LogP contribution in [0.1, 0.15) is 42.4 Å². The maximum Gasteiger partial charge on any atom is 0.254 e. The van der Waals surface area contributed by atoms with E-state index in [-0.39, 0.29) is 23.8 Å². The average molecular weight is 372 g/mol. The molecule has 0 spiro atoms. The molecule has 2 aromatic rings. The Morgan fingerprint density at radius 1 is 1.27 bits per heavy atom. The number of hydrogen-bond acceptors (Lipinski definition) is 4. The summed E-state index contributed by atoms with van der Waals surface area (Å²) in [4.78, 5) is 30.7. The molecule has 0 saturated heterocycles. The van der Waals surface area contributed by atoms with Crippen molar-refractivity contribution in [3.8, 4) is 0 Å². The van der Waals surface area contributed by atoms with E-state index < -0.39 is 0 Å². The van der Waals surface area contributed by atoms with Crippen LogP contribution in [0.4, 0.5) is 5.13 Å². The van der Waals surface area contributed by atoms with E-state index >= 15 is 0 Å². The summed E-state index contributed by atoms with van der Waals surface area (Å²) in [6.45, 7) is 12.2. The Morgan fingerprint density at radius 2 is 1.92 bits per heavy atom. The first-order valence-corrected chi connectivity index (χ1v) is 9.31. The van der Waals surface area contributed by atoms with E-state index in [9.17, 15) is 9.59 Å². The molecule has 1 aromatic carbocycles. The minimum Gasteiger partial charge on any atom is -0.326 e. The van der Waals surface area contributed by atoms with Crippen molar-refractivity contribution in [2.24, 2.45) is 0 Å². The molecule has 0 unspecified atom stereocenters. The molecule has 0 aliphatic rings. The first kappa shape index (κ1) is 19.8. The van der Waals surface area contributed by atoms with Gasteiger partial charge in [-0.3, -0.25) is 9.59 Å². The molecule has 0 fully saturated rings. The number of carbonyl (C=O) groups is 2. The highest BCUT2D eigenvalue weighted by molar-refractivity contribution is 7.13. The monoisotopic (exact) mass is 371 g/mol. The van der Waals surface area contributed by atoms with E-state index in [0.717, 1.165) is 11.3 Å². The number of nitrogens with one attached hydrogen (secondary N) is 1. The van der Waals surface area contributed by atoms with Crippen molar-refractivity contribution in [3.63, 3.8) is 0 Å². The van der Waals surface area contributed by atoms with Crippen LogP contribution >= 0.6 is 11.3 Å². The number of nitrogens with zero attached hydrogens (tertiary/aromatic N) is 2. The first-order chi connectivity index (χ1) is 12.2. The molecule has 0 atom stereocenters. The largest absolute Gasteiger partial charge is 0.326 e. The van der Waals surface area contributed by atoms with Gasteiger partial charge in [0.2, 0.25) is 5.91 Å². The first-order valence-electron chi connectivity index (χ1n) is 8.43. The highest BCUT2D eigenvalue weighted by Gasteiger charge is 2.20. The number of anilines is 1. The predicted molar refractivity (Wildman–Crippen MR) is 107 cm³/mol. The van der Waals surface area contributed by atoms with E-state index in [4.69, 9.17) is 0 Å². The molecule has 0 bridgehead atoms. The summed E-state index contributed by atoms with van der Waals surface area (Å²) < 4.78 is 0. The third kappa shape index (κ3) is 5.26. The number of aromatic nitrogens is 1. The van der Waals surface area contributed by atoms with E-state index in [0.29, 0.717) is 17.2 Å². The fourth-order valence-electron chi connectivity index (χ4n) is 2.41. The van der Waals surface area contributed by atoms with Gasteiger partial charge in [0.1, 0.15) is 6.54 Å². The summed E-state index contributed by atoms with van der Waals surface area (Å²) in [6, 6.07) is 7.53. The Morgan fingerprint density at radius 3 is 2.42 bits per heavy atom. The summed E-state index contributed by atoms with van der Waals surface area (Å²) in [7, 11) is 0. The van der Waals surface area contributed by atoms with Crippen LogP contribution in [0.25, 0.3) is 0 Å². The molecule has 0 aliphatic heterocycles. The number of thiazole rings is 1. The van der Waals surface area contributed by atoms with Crippen molar-refractivity contribution in [1.82, 2.24) is 9.88 Å². The minimum absolute atomic E-state index is 0.0219. The third-order valence-corrected chi connectivity index (χ3v) is 4.71. The van der Waals surface area contributed by atoms with Crippen molar-refractivity contribution in [1.29, 1.82) is 0 Å². The average Bonchev–Trinajstić information content (AvgIpc) is 2.98. The summed E-state index contributed by atoms with van der Waals surface area (Å²) >= 11 is 1.36. The molecule has 0 saturated carbocycles. The highest BCUT2D eigenvalue weighted by Crippen LogP contribution is 2.22. The summed E-state index contributed by atoms with van der Waals surface area (Å²) in [5.74, 6) is -0.475. The van der Waals surface area contributed by atoms with Crippen LogP contribution in [0, 0.1) is 6.92 Å². The van der Waals surface area contributed by atoms with Gasteiger partial charge in [-0.25, -0.2) is 4.98 Å². The summed E-state index contributed by atoms with van der Waals surface area (Å²) in [5.41, 5.74) is 2.58. The van der Waals surface area contributed by atoms with Crippen LogP contribution in [-0.2, 0) is 10.2 Å². The number of benzene rings is 1. The van der Waals surface area contributed by atoms with Gasteiger partial charge in [-0.2, -0.15) is 0 Å². The van der Waals surface area contributed by atoms with Crippen LogP contribution in [0.5, 0.6) is 0 Å². The summed E-state index contributed by atoms with van der Waals surface area (Å²) in [6.07, 6.45) is 1.61. The number of amides is 2.